The molecule has 1 N–H and O–H groups in total. The Labute approximate surface area is 258 Å². The summed E-state index contributed by atoms with van der Waals surface area (Å²) in [4.78, 5) is 13.2. The van der Waals surface area contributed by atoms with Gasteiger partial charge in [-0.3, -0.25) is 4.79 Å². The molecule has 0 aromatic heterocycles. The fourth-order valence-electron chi connectivity index (χ4n) is 4.21. The number of carbonyl (C=O) groups excluding carboxylic acids is 1. The smallest absolute Gasteiger partial charge is 0.266 e. The van der Waals surface area contributed by atoms with Crippen molar-refractivity contribution in [1.82, 2.24) is 0 Å². The summed E-state index contributed by atoms with van der Waals surface area (Å²) in [6.07, 6.45) is 1.55. The summed E-state index contributed by atoms with van der Waals surface area (Å²) in [7, 11) is 0. The summed E-state index contributed by atoms with van der Waals surface area (Å²) in [5.41, 5.74) is 2.87. The van der Waals surface area contributed by atoms with Crippen LogP contribution >= 0.6 is 34.8 Å². The van der Waals surface area contributed by atoms with Crippen LogP contribution < -0.4 is 14.8 Å². The Kier molecular flexibility index (Phi) is 9.31. The zero-order valence-corrected chi connectivity index (χ0v) is 24.4. The first-order chi connectivity index (χ1) is 20.4. The molecule has 208 valence electrons. The quantitative estimate of drug-likeness (QED) is 0.133. The second kappa shape index (κ2) is 13.5. The van der Waals surface area contributed by atoms with E-state index in [0.29, 0.717) is 44.4 Å². The van der Waals surface area contributed by atoms with Gasteiger partial charge in [0.1, 0.15) is 36.4 Å². The molecule has 0 aliphatic heterocycles. The Hall–Kier alpha value is -4.47. The van der Waals surface area contributed by atoms with Gasteiger partial charge >= 0.3 is 0 Å². The molecule has 0 fully saturated rings. The summed E-state index contributed by atoms with van der Waals surface area (Å²) in [6, 6.07) is 33.1. The van der Waals surface area contributed by atoms with Crippen molar-refractivity contribution < 1.29 is 14.3 Å². The zero-order chi connectivity index (χ0) is 29.5. The van der Waals surface area contributed by atoms with Crippen molar-refractivity contribution in [2.45, 2.75) is 13.2 Å². The standard InChI is InChI=1S/C34H23Cl3N2O3/c35-26-9-5-22(6-10-26)20-41-28-13-11-27(12-14-28)39-34(40)25(19-38)18-30-29-4-2-1-3-24(29)8-16-33(30)42-21-23-7-15-31(36)32(37)17-23/h1-18H,20-21H2,(H,39,40)/b25-18+. The number of nitrogens with one attached hydrogen (secondary N) is 1. The molecular formula is C34H23Cl3N2O3. The lowest BCUT2D eigenvalue weighted by Gasteiger charge is -2.13. The van der Waals surface area contributed by atoms with Gasteiger partial charge in [0, 0.05) is 16.3 Å². The molecule has 0 aliphatic rings. The molecule has 5 rings (SSSR count). The lowest BCUT2D eigenvalue weighted by Crippen LogP contribution is -2.13. The average molecular weight is 614 g/mol. The number of benzene rings is 5. The highest BCUT2D eigenvalue weighted by Crippen LogP contribution is 2.32. The first-order valence-corrected chi connectivity index (χ1v) is 14.0. The summed E-state index contributed by atoms with van der Waals surface area (Å²) >= 11 is 18.1. The van der Waals surface area contributed by atoms with Gasteiger partial charge in [-0.15, -0.1) is 0 Å². The maximum absolute atomic E-state index is 13.2. The minimum Gasteiger partial charge on any atom is -0.489 e. The number of fused-ring (bicyclic) bond motifs is 1. The van der Waals surface area contributed by atoms with Crippen molar-refractivity contribution in [2.24, 2.45) is 0 Å². The number of ether oxygens (including phenoxy) is 2. The maximum Gasteiger partial charge on any atom is 0.266 e. The molecule has 0 aliphatic carbocycles. The number of anilines is 1. The highest BCUT2D eigenvalue weighted by Gasteiger charge is 2.14. The first kappa shape index (κ1) is 29.0. The Morgan fingerprint density at radius 1 is 0.786 bits per heavy atom. The molecule has 5 aromatic carbocycles. The molecule has 0 saturated carbocycles. The summed E-state index contributed by atoms with van der Waals surface area (Å²) in [5, 5.41) is 16.1. The van der Waals surface area contributed by atoms with Crippen LogP contribution in [0.2, 0.25) is 15.1 Å². The maximum atomic E-state index is 13.2. The van der Waals surface area contributed by atoms with Gasteiger partial charge in [-0.2, -0.15) is 5.26 Å². The van der Waals surface area contributed by atoms with Crippen molar-refractivity contribution in [3.63, 3.8) is 0 Å². The Morgan fingerprint density at radius 3 is 2.24 bits per heavy atom. The second-order valence-electron chi connectivity index (χ2n) is 9.30. The monoisotopic (exact) mass is 612 g/mol. The highest BCUT2D eigenvalue weighted by molar-refractivity contribution is 6.42. The Bertz CT molecular complexity index is 1810. The third-order valence-corrected chi connectivity index (χ3v) is 7.38. The van der Waals surface area contributed by atoms with E-state index in [-0.39, 0.29) is 12.2 Å². The first-order valence-electron chi connectivity index (χ1n) is 12.9. The number of nitriles is 1. The lowest BCUT2D eigenvalue weighted by molar-refractivity contribution is -0.112. The van der Waals surface area contributed by atoms with Crippen LogP contribution in [0.15, 0.2) is 109 Å². The van der Waals surface area contributed by atoms with Gasteiger partial charge in [-0.05, 0) is 82.6 Å². The molecular weight excluding hydrogens is 591 g/mol. The minimum atomic E-state index is -0.546. The van der Waals surface area contributed by atoms with E-state index in [0.717, 1.165) is 21.9 Å². The fraction of sp³-hybridized carbons (Fsp3) is 0.0588. The van der Waals surface area contributed by atoms with Crippen LogP contribution in [0.5, 0.6) is 11.5 Å². The summed E-state index contributed by atoms with van der Waals surface area (Å²) in [6.45, 7) is 0.598. The van der Waals surface area contributed by atoms with Gasteiger partial charge in [0.05, 0.1) is 10.0 Å². The van der Waals surface area contributed by atoms with Crippen LogP contribution in [0.4, 0.5) is 5.69 Å². The number of halogens is 3. The number of nitrogens with zero attached hydrogens (tertiary/aromatic N) is 1. The van der Waals surface area contributed by atoms with Crippen LogP contribution in [0.1, 0.15) is 16.7 Å². The molecule has 0 unspecified atom stereocenters. The predicted octanol–water partition coefficient (Wildman–Crippen LogP) is 9.50. The molecule has 5 aromatic rings. The average Bonchev–Trinajstić information content (AvgIpc) is 3.01. The van der Waals surface area contributed by atoms with Crippen molar-refractivity contribution in [2.75, 3.05) is 5.32 Å². The molecule has 0 saturated heterocycles. The molecule has 0 bridgehead atoms. The largest absolute Gasteiger partial charge is 0.489 e. The molecule has 0 spiro atoms. The van der Waals surface area contributed by atoms with Crippen LogP contribution in [0.25, 0.3) is 16.8 Å². The topological polar surface area (TPSA) is 71.3 Å². The van der Waals surface area contributed by atoms with Crippen LogP contribution in [-0.4, -0.2) is 5.91 Å². The molecule has 8 heteroatoms. The SMILES string of the molecule is N#C/C(=C\c1c(OCc2ccc(Cl)c(Cl)c2)ccc2ccccc12)C(=O)Nc1ccc(OCc2ccc(Cl)cc2)cc1. The van der Waals surface area contributed by atoms with E-state index in [1.54, 1.807) is 42.5 Å². The van der Waals surface area contributed by atoms with E-state index in [2.05, 4.69) is 5.32 Å². The normalized spacial score (nSPS) is 11.1. The number of carbonyl (C=O) groups is 1. The molecule has 42 heavy (non-hydrogen) atoms. The molecule has 5 nitrogen and oxygen atoms in total. The van der Waals surface area contributed by atoms with Crippen LogP contribution in [-0.2, 0) is 18.0 Å². The molecule has 0 atom stereocenters. The second-order valence-corrected chi connectivity index (χ2v) is 10.5. The van der Waals surface area contributed by atoms with E-state index in [9.17, 15) is 10.1 Å². The van der Waals surface area contributed by atoms with Gasteiger partial charge in [-0.1, -0.05) is 83.3 Å². The van der Waals surface area contributed by atoms with Crippen molar-refractivity contribution in [1.29, 1.82) is 5.26 Å². The predicted molar refractivity (Wildman–Crippen MR) is 169 cm³/mol. The van der Waals surface area contributed by atoms with Gasteiger partial charge < -0.3 is 14.8 Å². The van der Waals surface area contributed by atoms with Gasteiger partial charge in [0.15, 0.2) is 0 Å². The molecule has 0 radical (unpaired) electrons. The van der Waals surface area contributed by atoms with E-state index in [1.165, 1.54) is 0 Å². The number of rotatable bonds is 9. The summed E-state index contributed by atoms with van der Waals surface area (Å²) in [5.74, 6) is 0.608. The third kappa shape index (κ3) is 7.23. The fourth-order valence-corrected chi connectivity index (χ4v) is 4.66. The zero-order valence-electron chi connectivity index (χ0n) is 22.1. The van der Waals surface area contributed by atoms with E-state index in [1.807, 2.05) is 72.8 Å². The van der Waals surface area contributed by atoms with Crippen molar-refractivity contribution >= 4 is 63.2 Å². The highest BCUT2D eigenvalue weighted by atomic mass is 35.5. The van der Waals surface area contributed by atoms with Crippen LogP contribution in [0.3, 0.4) is 0 Å². The van der Waals surface area contributed by atoms with Crippen molar-refractivity contribution in [3.05, 3.63) is 140 Å². The number of hydrogen-bond donors (Lipinski definition) is 1. The van der Waals surface area contributed by atoms with Gasteiger partial charge in [0.2, 0.25) is 0 Å². The van der Waals surface area contributed by atoms with Crippen LogP contribution in [0, 0.1) is 11.3 Å². The van der Waals surface area contributed by atoms with E-state index in [4.69, 9.17) is 44.3 Å². The minimum absolute atomic E-state index is 0.0752. The van der Waals surface area contributed by atoms with Crippen molar-refractivity contribution in [3.8, 4) is 17.6 Å². The Morgan fingerprint density at radius 2 is 1.50 bits per heavy atom. The molecule has 0 heterocycles. The van der Waals surface area contributed by atoms with Gasteiger partial charge in [-0.25, -0.2) is 0 Å². The lowest BCUT2D eigenvalue weighted by atomic mass is 10.0. The van der Waals surface area contributed by atoms with E-state index >= 15 is 0 Å². The number of amides is 1. The summed E-state index contributed by atoms with van der Waals surface area (Å²) < 4.78 is 11.9. The molecule has 1 amide bonds. The third-order valence-electron chi connectivity index (χ3n) is 6.39. The number of hydrogen-bond acceptors (Lipinski definition) is 4. The van der Waals surface area contributed by atoms with E-state index < -0.39 is 5.91 Å². The van der Waals surface area contributed by atoms with Gasteiger partial charge in [0.25, 0.3) is 5.91 Å². The Balaban J connectivity index is 1.33.